The summed E-state index contributed by atoms with van der Waals surface area (Å²) >= 11 is 0. The summed E-state index contributed by atoms with van der Waals surface area (Å²) in [5.41, 5.74) is 2.38. The van der Waals surface area contributed by atoms with Gasteiger partial charge in [0, 0.05) is 36.8 Å². The van der Waals surface area contributed by atoms with Gasteiger partial charge in [-0.2, -0.15) is 13.2 Å². The molecule has 10 heteroatoms. The lowest BCUT2D eigenvalue weighted by molar-refractivity contribution is -0.137. The van der Waals surface area contributed by atoms with Crippen LogP contribution in [0.1, 0.15) is 11.3 Å². The lowest BCUT2D eigenvalue weighted by atomic mass is 9.98. The maximum absolute atomic E-state index is 13.2. The Balaban J connectivity index is 1.36. The minimum atomic E-state index is -4.55. The number of hydrogen-bond donors (Lipinski definition) is 2. The van der Waals surface area contributed by atoms with Gasteiger partial charge < -0.3 is 20.1 Å². The van der Waals surface area contributed by atoms with Gasteiger partial charge in [-0.3, -0.25) is 9.88 Å². The number of rotatable bonds is 6. The van der Waals surface area contributed by atoms with Crippen LogP contribution in [0.5, 0.6) is 5.75 Å². The number of carbonyl (C=O) groups is 1. The fourth-order valence-electron chi connectivity index (χ4n) is 4.58. The highest BCUT2D eigenvalue weighted by Gasteiger charge is 2.31. The Bertz CT molecular complexity index is 1470. The largest absolute Gasteiger partial charge is 0.495 e. The third-order valence-electron chi connectivity index (χ3n) is 6.57. The van der Waals surface area contributed by atoms with Gasteiger partial charge in [0.15, 0.2) is 0 Å². The first-order chi connectivity index (χ1) is 18.8. The number of anilines is 2. The zero-order valence-electron chi connectivity index (χ0n) is 21.2. The van der Waals surface area contributed by atoms with E-state index in [1.165, 1.54) is 13.2 Å². The van der Waals surface area contributed by atoms with Crippen molar-refractivity contribution in [2.45, 2.75) is 12.7 Å². The molecule has 0 aliphatic carbocycles. The molecule has 3 aromatic carbocycles. The van der Waals surface area contributed by atoms with Crippen molar-refractivity contribution < 1.29 is 27.4 Å². The maximum atomic E-state index is 13.2. The van der Waals surface area contributed by atoms with Crippen LogP contribution in [0.2, 0.25) is 0 Å². The summed E-state index contributed by atoms with van der Waals surface area (Å²) in [7, 11) is 1.32. The fraction of sp³-hybridized carbons (Fsp3) is 0.241. The Morgan fingerprint density at radius 3 is 2.41 bits per heavy atom. The van der Waals surface area contributed by atoms with Crippen molar-refractivity contribution in [2.75, 3.05) is 44.0 Å². The van der Waals surface area contributed by atoms with Crippen LogP contribution in [0.25, 0.3) is 21.9 Å². The molecule has 0 saturated carbocycles. The first-order valence-electron chi connectivity index (χ1n) is 12.4. The van der Waals surface area contributed by atoms with Crippen LogP contribution in [0, 0.1) is 0 Å². The number of hydrogen-bond acceptors (Lipinski definition) is 5. The van der Waals surface area contributed by atoms with Crippen molar-refractivity contribution in [2.24, 2.45) is 0 Å². The van der Waals surface area contributed by atoms with Crippen LogP contribution in [-0.2, 0) is 17.5 Å². The SMILES string of the molecule is COc1ccc(C(F)(F)F)cc1NC(=O)Nc1ccc(-c2ccc(CN3CCOCC3)nc2)c2ccccc12. The van der Waals surface area contributed by atoms with E-state index < -0.39 is 17.8 Å². The fourth-order valence-corrected chi connectivity index (χ4v) is 4.58. The zero-order chi connectivity index (χ0) is 27.4. The number of halogens is 3. The van der Waals surface area contributed by atoms with Crippen LogP contribution >= 0.6 is 0 Å². The number of amides is 2. The smallest absolute Gasteiger partial charge is 0.416 e. The summed E-state index contributed by atoms with van der Waals surface area (Å²) in [5.74, 6) is 0.114. The highest BCUT2D eigenvalue weighted by molar-refractivity contribution is 6.10. The van der Waals surface area contributed by atoms with Crippen molar-refractivity contribution >= 4 is 28.2 Å². The normalized spacial score (nSPS) is 14.3. The topological polar surface area (TPSA) is 75.7 Å². The van der Waals surface area contributed by atoms with E-state index in [-0.39, 0.29) is 11.4 Å². The second-order valence-corrected chi connectivity index (χ2v) is 9.12. The zero-order valence-corrected chi connectivity index (χ0v) is 21.2. The van der Waals surface area contributed by atoms with Crippen LogP contribution in [0.15, 0.2) is 72.9 Å². The maximum Gasteiger partial charge on any atom is 0.416 e. The van der Waals surface area contributed by atoms with Crippen molar-refractivity contribution in [1.29, 1.82) is 0 Å². The Morgan fingerprint density at radius 1 is 0.974 bits per heavy atom. The number of fused-ring (bicyclic) bond motifs is 1. The molecule has 7 nitrogen and oxygen atoms in total. The second kappa shape index (κ2) is 11.3. The molecule has 0 bridgehead atoms. The molecule has 2 amide bonds. The Hall–Kier alpha value is -4.15. The first-order valence-corrected chi connectivity index (χ1v) is 12.4. The average Bonchev–Trinajstić information content (AvgIpc) is 2.94. The summed E-state index contributed by atoms with van der Waals surface area (Å²) in [6, 6.07) is 17.5. The van der Waals surface area contributed by atoms with E-state index >= 15 is 0 Å². The van der Waals surface area contributed by atoms with Gasteiger partial charge in [-0.1, -0.05) is 36.4 Å². The van der Waals surface area contributed by atoms with E-state index in [9.17, 15) is 18.0 Å². The van der Waals surface area contributed by atoms with Crippen molar-refractivity contribution in [3.05, 3.63) is 84.2 Å². The van der Waals surface area contributed by atoms with Crippen molar-refractivity contribution in [1.82, 2.24) is 9.88 Å². The monoisotopic (exact) mass is 536 g/mol. The van der Waals surface area contributed by atoms with E-state index in [2.05, 4.69) is 20.5 Å². The number of morpholine rings is 1. The highest BCUT2D eigenvalue weighted by atomic mass is 19.4. The van der Waals surface area contributed by atoms with E-state index in [0.717, 1.165) is 72.6 Å². The molecule has 2 N–H and O–H groups in total. The Kier molecular flexibility index (Phi) is 7.67. The van der Waals surface area contributed by atoms with Crippen molar-refractivity contribution in [3.63, 3.8) is 0 Å². The molecule has 0 unspecified atom stereocenters. The number of ether oxygens (including phenoxy) is 2. The summed E-state index contributed by atoms with van der Waals surface area (Å²) in [5, 5.41) is 6.91. The number of urea groups is 1. The lowest BCUT2D eigenvalue weighted by Gasteiger charge is -2.26. The summed E-state index contributed by atoms with van der Waals surface area (Å²) in [6.45, 7) is 4.00. The van der Waals surface area contributed by atoms with Crippen molar-refractivity contribution in [3.8, 4) is 16.9 Å². The van der Waals surface area contributed by atoms with Gasteiger partial charge >= 0.3 is 12.2 Å². The molecule has 2 heterocycles. The van der Waals surface area contributed by atoms with Gasteiger partial charge in [-0.05, 0) is 41.3 Å². The van der Waals surface area contributed by atoms with E-state index in [4.69, 9.17) is 9.47 Å². The molecule has 39 heavy (non-hydrogen) atoms. The molecular weight excluding hydrogens is 509 g/mol. The predicted molar refractivity (Wildman–Crippen MR) is 144 cm³/mol. The number of nitrogens with zero attached hydrogens (tertiary/aromatic N) is 2. The molecule has 4 aromatic rings. The lowest BCUT2D eigenvalue weighted by Crippen LogP contribution is -2.35. The molecule has 1 fully saturated rings. The molecule has 1 aromatic heterocycles. The second-order valence-electron chi connectivity index (χ2n) is 9.12. The Labute approximate surface area is 223 Å². The van der Waals surface area contributed by atoms with Gasteiger partial charge in [0.2, 0.25) is 0 Å². The molecule has 1 aliphatic rings. The van der Waals surface area contributed by atoms with E-state index in [1.807, 2.05) is 48.7 Å². The quantitative estimate of drug-likeness (QED) is 0.298. The Morgan fingerprint density at radius 2 is 1.72 bits per heavy atom. The van der Waals surface area contributed by atoms with Gasteiger partial charge in [0.25, 0.3) is 0 Å². The molecule has 1 saturated heterocycles. The van der Waals surface area contributed by atoms with E-state index in [0.29, 0.717) is 5.69 Å². The molecule has 0 atom stereocenters. The minimum Gasteiger partial charge on any atom is -0.495 e. The van der Waals surface area contributed by atoms with Crippen LogP contribution < -0.4 is 15.4 Å². The summed E-state index contributed by atoms with van der Waals surface area (Å²) in [4.78, 5) is 19.8. The number of aromatic nitrogens is 1. The third kappa shape index (κ3) is 6.13. The van der Waals surface area contributed by atoms with Gasteiger partial charge in [0.05, 0.1) is 43.0 Å². The third-order valence-corrected chi connectivity index (χ3v) is 6.57. The highest BCUT2D eigenvalue weighted by Crippen LogP contribution is 2.36. The van der Waals surface area contributed by atoms with Gasteiger partial charge in [-0.15, -0.1) is 0 Å². The minimum absolute atomic E-state index is 0.0889. The molecule has 202 valence electrons. The van der Waals surface area contributed by atoms with Crippen LogP contribution in [-0.4, -0.2) is 49.3 Å². The molecular formula is C29H27F3N4O3. The first kappa shape index (κ1) is 26.5. The van der Waals surface area contributed by atoms with Gasteiger partial charge in [0.1, 0.15) is 5.75 Å². The molecule has 1 aliphatic heterocycles. The molecule has 0 spiro atoms. The number of methoxy groups -OCH3 is 1. The summed E-state index contributed by atoms with van der Waals surface area (Å²) < 4.78 is 50.1. The summed E-state index contributed by atoms with van der Waals surface area (Å²) in [6.07, 6.45) is -2.71. The number of pyridine rings is 1. The number of benzene rings is 3. The average molecular weight is 537 g/mol. The van der Waals surface area contributed by atoms with Crippen LogP contribution in [0.3, 0.4) is 0 Å². The standard InChI is InChI=1S/C29H27F3N4O3/c1-38-27-11-7-20(29(30,31)32)16-26(27)35-28(37)34-25-10-9-22(23-4-2-3-5-24(23)25)19-6-8-21(33-17-19)18-36-12-14-39-15-13-36/h2-11,16-17H,12-15,18H2,1H3,(H2,34,35,37). The molecule has 0 radical (unpaired) electrons. The number of nitrogens with one attached hydrogen (secondary N) is 2. The molecule has 5 rings (SSSR count). The van der Waals surface area contributed by atoms with E-state index in [1.54, 1.807) is 6.07 Å². The predicted octanol–water partition coefficient (Wildman–Crippen LogP) is 6.41. The number of carbonyl (C=O) groups excluding carboxylic acids is 1. The van der Waals surface area contributed by atoms with Gasteiger partial charge in [-0.25, -0.2) is 4.79 Å². The number of alkyl halides is 3. The van der Waals surface area contributed by atoms with Crippen LogP contribution in [0.4, 0.5) is 29.3 Å².